The minimum absolute atomic E-state index is 0.0316. The van der Waals surface area contributed by atoms with Crippen molar-refractivity contribution in [1.29, 1.82) is 0 Å². The number of nitrogens with one attached hydrogen (secondary N) is 1. The number of hydrogen-bond donors (Lipinski definition) is 2. The highest BCUT2D eigenvalue weighted by Gasteiger charge is 2.36. The molecule has 5 rings (SSSR count). The van der Waals surface area contributed by atoms with Crippen LogP contribution in [0.4, 0.5) is 11.4 Å². The fourth-order valence-corrected chi connectivity index (χ4v) is 4.88. The van der Waals surface area contributed by atoms with Crippen LogP contribution >= 0.6 is 0 Å². The summed E-state index contributed by atoms with van der Waals surface area (Å²) < 4.78 is 11.1. The van der Waals surface area contributed by atoms with Crippen LogP contribution in [0.5, 0.6) is 17.2 Å². The first kappa shape index (κ1) is 28.4. The average molecular weight is 565 g/mol. The van der Waals surface area contributed by atoms with Crippen LogP contribution in [-0.4, -0.2) is 36.5 Å². The van der Waals surface area contributed by atoms with E-state index in [-0.39, 0.29) is 30.5 Å². The summed E-state index contributed by atoms with van der Waals surface area (Å²) in [4.78, 5) is 40.5. The zero-order valence-electron chi connectivity index (χ0n) is 23.7. The molecule has 2 N–H and O–H groups in total. The van der Waals surface area contributed by atoms with Crippen molar-refractivity contribution in [2.75, 3.05) is 23.9 Å². The van der Waals surface area contributed by atoms with E-state index in [9.17, 15) is 19.5 Å². The molecule has 0 bridgehead atoms. The largest absolute Gasteiger partial charge is 0.508 e. The fourth-order valence-electron chi connectivity index (χ4n) is 4.88. The standard InChI is InChI=1S/C34H32N2O6/c1-21(2)25-5-4-6-29(17-25)42-34(40)26-18-32(38)36(20-26)27-13-16-31(41-3)30(19-27)35-33(39)24-9-7-22(8-10-24)23-11-14-28(37)15-12-23/h4-17,19,21,26,37H,18,20H2,1-3H3,(H,35,39). The normalized spacial score (nSPS) is 14.6. The Kier molecular flexibility index (Phi) is 8.24. The Hall–Kier alpha value is -5.11. The monoisotopic (exact) mass is 564 g/mol. The van der Waals surface area contributed by atoms with E-state index in [0.29, 0.717) is 34.4 Å². The Balaban J connectivity index is 1.28. The highest BCUT2D eigenvalue weighted by molar-refractivity contribution is 6.06. The quantitative estimate of drug-likeness (QED) is 0.190. The lowest BCUT2D eigenvalue weighted by Crippen LogP contribution is -2.27. The van der Waals surface area contributed by atoms with E-state index in [4.69, 9.17) is 9.47 Å². The van der Waals surface area contributed by atoms with Crippen LogP contribution in [0.25, 0.3) is 11.1 Å². The second-order valence-electron chi connectivity index (χ2n) is 10.5. The molecule has 1 unspecified atom stereocenters. The average Bonchev–Trinajstić information content (AvgIpc) is 3.39. The molecule has 2 amide bonds. The van der Waals surface area contributed by atoms with E-state index in [1.165, 1.54) is 12.0 Å². The number of anilines is 2. The molecule has 1 heterocycles. The maximum Gasteiger partial charge on any atom is 0.316 e. The Morgan fingerprint density at radius 1 is 0.929 bits per heavy atom. The van der Waals surface area contributed by atoms with Gasteiger partial charge in [-0.15, -0.1) is 0 Å². The van der Waals surface area contributed by atoms with Gasteiger partial charge in [0.05, 0.1) is 18.7 Å². The molecule has 1 aliphatic rings. The van der Waals surface area contributed by atoms with E-state index in [1.807, 2.05) is 30.3 Å². The predicted octanol–water partition coefficient (Wildman–Crippen LogP) is 6.40. The van der Waals surface area contributed by atoms with E-state index in [0.717, 1.165) is 16.7 Å². The molecule has 4 aromatic rings. The van der Waals surface area contributed by atoms with Crippen molar-refractivity contribution in [3.8, 4) is 28.4 Å². The van der Waals surface area contributed by atoms with Gasteiger partial charge >= 0.3 is 5.97 Å². The van der Waals surface area contributed by atoms with Gasteiger partial charge in [0.1, 0.15) is 17.2 Å². The van der Waals surface area contributed by atoms with Crippen LogP contribution in [-0.2, 0) is 9.59 Å². The first-order chi connectivity index (χ1) is 20.2. The molecule has 8 heteroatoms. The number of nitrogens with zero attached hydrogens (tertiary/aromatic N) is 1. The number of benzene rings is 4. The van der Waals surface area contributed by atoms with Crippen molar-refractivity contribution in [1.82, 2.24) is 0 Å². The van der Waals surface area contributed by atoms with Gasteiger partial charge in [0, 0.05) is 24.2 Å². The molecule has 0 saturated carbocycles. The summed E-state index contributed by atoms with van der Waals surface area (Å²) in [5, 5.41) is 12.4. The summed E-state index contributed by atoms with van der Waals surface area (Å²) in [5.41, 5.74) is 4.25. The molecule has 0 radical (unpaired) electrons. The van der Waals surface area contributed by atoms with Crippen molar-refractivity contribution >= 4 is 29.2 Å². The van der Waals surface area contributed by atoms with Crippen LogP contribution in [0.15, 0.2) is 91.0 Å². The van der Waals surface area contributed by atoms with Crippen LogP contribution in [0.2, 0.25) is 0 Å². The van der Waals surface area contributed by atoms with Gasteiger partial charge in [-0.1, -0.05) is 50.2 Å². The topological polar surface area (TPSA) is 105 Å². The first-order valence-corrected chi connectivity index (χ1v) is 13.7. The molecule has 214 valence electrons. The minimum atomic E-state index is -0.618. The summed E-state index contributed by atoms with van der Waals surface area (Å²) in [6, 6.07) is 26.4. The zero-order valence-corrected chi connectivity index (χ0v) is 23.7. The number of ether oxygens (including phenoxy) is 2. The molecule has 0 spiro atoms. The fraction of sp³-hybridized carbons (Fsp3) is 0.206. The lowest BCUT2D eigenvalue weighted by molar-refractivity contribution is -0.139. The Labute approximate surface area is 244 Å². The smallest absolute Gasteiger partial charge is 0.316 e. The Morgan fingerprint density at radius 3 is 2.29 bits per heavy atom. The number of rotatable bonds is 8. The number of hydrogen-bond acceptors (Lipinski definition) is 6. The molecule has 8 nitrogen and oxygen atoms in total. The van der Waals surface area contributed by atoms with E-state index < -0.39 is 11.9 Å². The Bertz CT molecular complexity index is 1610. The summed E-state index contributed by atoms with van der Waals surface area (Å²) in [6.07, 6.45) is 0.0316. The van der Waals surface area contributed by atoms with E-state index in [2.05, 4.69) is 19.2 Å². The van der Waals surface area contributed by atoms with Gasteiger partial charge in [-0.2, -0.15) is 0 Å². The number of phenols is 1. The third-order valence-corrected chi connectivity index (χ3v) is 7.29. The van der Waals surface area contributed by atoms with Gasteiger partial charge in [0.25, 0.3) is 5.91 Å². The van der Waals surface area contributed by atoms with E-state index >= 15 is 0 Å². The zero-order chi connectivity index (χ0) is 29.8. The van der Waals surface area contributed by atoms with Crippen molar-refractivity contribution in [2.24, 2.45) is 5.92 Å². The molecule has 0 aromatic heterocycles. The molecule has 1 fully saturated rings. The van der Waals surface area contributed by atoms with Gasteiger partial charge < -0.3 is 24.8 Å². The van der Waals surface area contributed by atoms with Crippen molar-refractivity contribution in [2.45, 2.75) is 26.2 Å². The van der Waals surface area contributed by atoms with Crippen LogP contribution in [0.1, 0.15) is 42.1 Å². The molecule has 1 aliphatic heterocycles. The van der Waals surface area contributed by atoms with Gasteiger partial charge in [0.2, 0.25) is 5.91 Å². The number of phenolic OH excluding ortho intramolecular Hbond substituents is 1. The minimum Gasteiger partial charge on any atom is -0.508 e. The molecular weight excluding hydrogens is 532 g/mol. The molecule has 0 aliphatic carbocycles. The number of esters is 1. The maximum absolute atomic E-state index is 13.1. The maximum atomic E-state index is 13.1. The third-order valence-electron chi connectivity index (χ3n) is 7.29. The van der Waals surface area contributed by atoms with Gasteiger partial charge in [-0.05, 0) is 77.2 Å². The summed E-state index contributed by atoms with van der Waals surface area (Å²) in [7, 11) is 1.50. The third kappa shape index (κ3) is 6.28. The SMILES string of the molecule is COc1ccc(N2CC(C(=O)Oc3cccc(C(C)C)c3)CC2=O)cc1NC(=O)c1ccc(-c2ccc(O)cc2)cc1. The van der Waals surface area contributed by atoms with Crippen LogP contribution in [0.3, 0.4) is 0 Å². The van der Waals surface area contributed by atoms with Crippen molar-refractivity contribution in [3.63, 3.8) is 0 Å². The summed E-state index contributed by atoms with van der Waals surface area (Å²) >= 11 is 0. The number of carbonyl (C=O) groups excluding carboxylic acids is 3. The lowest BCUT2D eigenvalue weighted by Gasteiger charge is -2.19. The Morgan fingerprint density at radius 2 is 1.62 bits per heavy atom. The van der Waals surface area contributed by atoms with Crippen LogP contribution < -0.4 is 19.7 Å². The first-order valence-electron chi connectivity index (χ1n) is 13.7. The number of carbonyl (C=O) groups is 3. The highest BCUT2D eigenvalue weighted by Crippen LogP contribution is 2.34. The molecule has 42 heavy (non-hydrogen) atoms. The molecule has 1 saturated heterocycles. The van der Waals surface area contributed by atoms with Crippen molar-refractivity contribution in [3.05, 3.63) is 102 Å². The second-order valence-corrected chi connectivity index (χ2v) is 10.5. The predicted molar refractivity (Wildman–Crippen MR) is 161 cm³/mol. The van der Waals surface area contributed by atoms with Crippen LogP contribution in [0, 0.1) is 5.92 Å². The molecular formula is C34H32N2O6. The number of amides is 2. The van der Waals surface area contributed by atoms with Crippen molar-refractivity contribution < 1.29 is 29.0 Å². The summed E-state index contributed by atoms with van der Waals surface area (Å²) in [6.45, 7) is 4.30. The van der Waals surface area contributed by atoms with Gasteiger partial charge in [0.15, 0.2) is 0 Å². The second kappa shape index (κ2) is 12.2. The summed E-state index contributed by atoms with van der Waals surface area (Å²) in [5.74, 6) is -0.257. The van der Waals surface area contributed by atoms with Gasteiger partial charge in [-0.3, -0.25) is 14.4 Å². The number of methoxy groups -OCH3 is 1. The lowest BCUT2D eigenvalue weighted by atomic mass is 10.0. The van der Waals surface area contributed by atoms with Gasteiger partial charge in [-0.25, -0.2) is 0 Å². The molecule has 1 atom stereocenters. The highest BCUT2D eigenvalue weighted by atomic mass is 16.5. The number of aromatic hydroxyl groups is 1. The molecule has 4 aromatic carbocycles. The van der Waals surface area contributed by atoms with E-state index in [1.54, 1.807) is 60.7 Å².